The van der Waals surface area contributed by atoms with Crippen molar-refractivity contribution in [1.29, 1.82) is 0 Å². The molecule has 0 aliphatic carbocycles. The zero-order valence-corrected chi connectivity index (χ0v) is 10.6. The third kappa shape index (κ3) is 3.67. The van der Waals surface area contributed by atoms with Gasteiger partial charge in [0.1, 0.15) is 5.75 Å². The first kappa shape index (κ1) is 11.8. The van der Waals surface area contributed by atoms with Gasteiger partial charge in [0.25, 0.3) is 0 Å². The Labute approximate surface area is 108 Å². The number of aromatic nitrogens is 1. The predicted octanol–water partition coefficient (Wildman–Crippen LogP) is 2.34. The second kappa shape index (κ2) is 5.59. The Morgan fingerprint density at radius 2 is 1.76 bits per heavy atom. The van der Waals surface area contributed by atoms with Crippen LogP contribution in [0.25, 0.3) is 0 Å². The first-order chi connectivity index (χ1) is 8.24. The summed E-state index contributed by atoms with van der Waals surface area (Å²) in [6.07, 6.45) is 3.64. The summed E-state index contributed by atoms with van der Waals surface area (Å²) in [5.41, 5.74) is 0. The van der Waals surface area contributed by atoms with Gasteiger partial charge in [0.05, 0.1) is 0 Å². The summed E-state index contributed by atoms with van der Waals surface area (Å²) in [5.74, 6) is 0.262. The van der Waals surface area contributed by atoms with Crippen LogP contribution in [0.5, 0.6) is 5.75 Å². The van der Waals surface area contributed by atoms with Crippen LogP contribution in [-0.2, 0) is 11.3 Å². The van der Waals surface area contributed by atoms with Crippen LogP contribution >= 0.6 is 15.9 Å². The highest BCUT2D eigenvalue weighted by Gasteiger charge is 2.10. The molecule has 0 aliphatic heterocycles. The number of hydrogen-bond acceptors (Lipinski definition) is 2. The van der Waals surface area contributed by atoms with Crippen molar-refractivity contribution in [2.45, 2.75) is 6.54 Å². The summed E-state index contributed by atoms with van der Waals surface area (Å²) in [5, 5.41) is 0. The summed E-state index contributed by atoms with van der Waals surface area (Å²) < 4.78 is 7.91. The largest absolute Gasteiger partial charge is 0.422 e. The Hall–Kier alpha value is -1.68. The van der Waals surface area contributed by atoms with Gasteiger partial charge in [-0.15, -0.1) is 0 Å². The topological polar surface area (TPSA) is 30.2 Å². The quantitative estimate of drug-likeness (QED) is 0.494. The minimum absolute atomic E-state index is 0.205. The molecule has 1 heterocycles. The van der Waals surface area contributed by atoms with E-state index in [2.05, 4.69) is 15.9 Å². The fraction of sp³-hybridized carbons (Fsp3) is 0.0769. The molecule has 17 heavy (non-hydrogen) atoms. The molecule has 2 rings (SSSR count). The molecule has 4 heteroatoms. The van der Waals surface area contributed by atoms with Gasteiger partial charge >= 0.3 is 5.97 Å². The average molecular weight is 293 g/mol. The number of carbonyl (C=O) groups excluding carboxylic acids is 1. The minimum Gasteiger partial charge on any atom is -0.422 e. The highest BCUT2D eigenvalue weighted by Crippen LogP contribution is 2.16. The summed E-state index contributed by atoms with van der Waals surface area (Å²) >= 11 is 3.32. The molecule has 1 aromatic carbocycles. The van der Waals surface area contributed by atoms with Crippen molar-refractivity contribution < 1.29 is 14.1 Å². The lowest BCUT2D eigenvalue weighted by atomic mass is 10.3. The van der Waals surface area contributed by atoms with Crippen LogP contribution in [0.3, 0.4) is 0 Å². The van der Waals surface area contributed by atoms with Gasteiger partial charge in [-0.3, -0.25) is 0 Å². The van der Waals surface area contributed by atoms with Gasteiger partial charge in [-0.1, -0.05) is 22.0 Å². The predicted molar refractivity (Wildman–Crippen MR) is 66.4 cm³/mol. The van der Waals surface area contributed by atoms with Gasteiger partial charge in [-0.2, -0.15) is 4.57 Å². The maximum Gasteiger partial charge on any atom is 0.378 e. The Balaban J connectivity index is 1.96. The summed E-state index contributed by atoms with van der Waals surface area (Å²) in [4.78, 5) is 11.6. The molecule has 0 bridgehead atoms. The lowest BCUT2D eigenvalue weighted by Gasteiger charge is -2.01. The Bertz CT molecular complexity index is 497. The second-order valence-electron chi connectivity index (χ2n) is 3.48. The number of ether oxygens (including phenoxy) is 1. The molecule has 0 unspecified atom stereocenters. The zero-order chi connectivity index (χ0) is 12.1. The molecular formula is C13H11BrNO2+. The minimum atomic E-state index is -0.288. The molecular weight excluding hydrogens is 282 g/mol. The highest BCUT2D eigenvalue weighted by molar-refractivity contribution is 9.10. The van der Waals surface area contributed by atoms with E-state index in [4.69, 9.17) is 4.74 Å². The van der Waals surface area contributed by atoms with Crippen molar-refractivity contribution in [3.05, 3.63) is 59.3 Å². The average Bonchev–Trinajstić information content (AvgIpc) is 2.33. The van der Waals surface area contributed by atoms with Gasteiger partial charge in [0.15, 0.2) is 12.4 Å². The smallest absolute Gasteiger partial charge is 0.378 e. The van der Waals surface area contributed by atoms with Crippen molar-refractivity contribution >= 4 is 21.9 Å². The van der Waals surface area contributed by atoms with Crippen molar-refractivity contribution in [3.8, 4) is 5.75 Å². The summed E-state index contributed by atoms with van der Waals surface area (Å²) in [7, 11) is 0. The molecule has 0 fully saturated rings. The molecule has 0 saturated heterocycles. The lowest BCUT2D eigenvalue weighted by Crippen LogP contribution is -2.38. The molecule has 0 saturated carbocycles. The molecule has 0 atom stereocenters. The summed E-state index contributed by atoms with van der Waals surface area (Å²) in [6, 6.07) is 12.8. The van der Waals surface area contributed by atoms with Crippen LogP contribution in [0.2, 0.25) is 0 Å². The van der Waals surface area contributed by atoms with E-state index in [1.165, 1.54) is 0 Å². The number of carbonyl (C=O) groups is 1. The van der Waals surface area contributed by atoms with Crippen LogP contribution in [0, 0.1) is 0 Å². The van der Waals surface area contributed by atoms with Crippen LogP contribution in [0.1, 0.15) is 0 Å². The number of benzene rings is 1. The van der Waals surface area contributed by atoms with E-state index in [-0.39, 0.29) is 12.5 Å². The van der Waals surface area contributed by atoms with E-state index in [1.807, 2.05) is 42.7 Å². The van der Waals surface area contributed by atoms with Crippen molar-refractivity contribution in [1.82, 2.24) is 0 Å². The number of rotatable bonds is 3. The SMILES string of the molecule is O=C(C[n+]1ccccc1)Oc1ccc(Br)cc1. The molecule has 1 aromatic heterocycles. The number of nitrogens with zero attached hydrogens (tertiary/aromatic N) is 1. The first-order valence-electron chi connectivity index (χ1n) is 5.14. The van der Waals surface area contributed by atoms with E-state index in [1.54, 1.807) is 16.7 Å². The normalized spacial score (nSPS) is 9.94. The number of halogens is 1. The molecule has 0 N–H and O–H groups in total. The monoisotopic (exact) mass is 292 g/mol. The van der Waals surface area contributed by atoms with E-state index in [9.17, 15) is 4.79 Å². The van der Waals surface area contributed by atoms with Gasteiger partial charge in [-0.05, 0) is 24.3 Å². The van der Waals surface area contributed by atoms with Crippen molar-refractivity contribution in [3.63, 3.8) is 0 Å². The standard InChI is InChI=1S/C13H11BrNO2/c14-11-4-6-12(7-5-11)17-13(16)10-15-8-2-1-3-9-15/h1-9H,10H2/q+1. The third-order valence-electron chi connectivity index (χ3n) is 2.13. The number of pyridine rings is 1. The van der Waals surface area contributed by atoms with Crippen LogP contribution < -0.4 is 9.30 Å². The van der Waals surface area contributed by atoms with Crippen LogP contribution in [0.15, 0.2) is 59.3 Å². The Morgan fingerprint density at radius 3 is 2.41 bits per heavy atom. The Kier molecular flexibility index (Phi) is 3.88. The number of hydrogen-bond donors (Lipinski definition) is 0. The van der Waals surface area contributed by atoms with Gasteiger partial charge in [0, 0.05) is 16.6 Å². The summed E-state index contributed by atoms with van der Waals surface area (Å²) in [6.45, 7) is 0.205. The third-order valence-corrected chi connectivity index (χ3v) is 2.66. The Morgan fingerprint density at radius 1 is 1.12 bits per heavy atom. The van der Waals surface area contributed by atoms with Crippen molar-refractivity contribution in [2.75, 3.05) is 0 Å². The van der Waals surface area contributed by atoms with E-state index >= 15 is 0 Å². The molecule has 2 aromatic rings. The molecule has 0 amide bonds. The maximum absolute atomic E-state index is 11.6. The second-order valence-corrected chi connectivity index (χ2v) is 4.39. The van der Waals surface area contributed by atoms with Crippen molar-refractivity contribution in [2.24, 2.45) is 0 Å². The molecule has 0 radical (unpaired) electrons. The van der Waals surface area contributed by atoms with E-state index < -0.39 is 0 Å². The zero-order valence-electron chi connectivity index (χ0n) is 9.04. The molecule has 86 valence electrons. The highest BCUT2D eigenvalue weighted by atomic mass is 79.9. The molecule has 3 nitrogen and oxygen atoms in total. The molecule has 0 spiro atoms. The van der Waals surface area contributed by atoms with Crippen LogP contribution in [-0.4, -0.2) is 5.97 Å². The number of esters is 1. The maximum atomic E-state index is 11.6. The fourth-order valence-corrected chi connectivity index (χ4v) is 1.62. The van der Waals surface area contributed by atoms with Gasteiger partial charge < -0.3 is 4.74 Å². The lowest BCUT2D eigenvalue weighted by molar-refractivity contribution is -0.685. The van der Waals surface area contributed by atoms with E-state index in [0.29, 0.717) is 5.75 Å². The van der Waals surface area contributed by atoms with Crippen LogP contribution in [0.4, 0.5) is 0 Å². The first-order valence-corrected chi connectivity index (χ1v) is 5.94. The molecule has 0 aliphatic rings. The van der Waals surface area contributed by atoms with Gasteiger partial charge in [-0.25, -0.2) is 4.79 Å². The fourth-order valence-electron chi connectivity index (χ4n) is 1.36. The van der Waals surface area contributed by atoms with E-state index in [0.717, 1.165) is 4.47 Å². The van der Waals surface area contributed by atoms with Gasteiger partial charge in [0.2, 0.25) is 6.54 Å².